The van der Waals surface area contributed by atoms with Gasteiger partial charge in [0.15, 0.2) is 0 Å². The second-order valence-corrected chi connectivity index (χ2v) is 5.52. The quantitative estimate of drug-likeness (QED) is 0.811. The highest BCUT2D eigenvalue weighted by molar-refractivity contribution is 6.04. The highest BCUT2D eigenvalue weighted by Crippen LogP contribution is 2.24. The number of nitrogens with one attached hydrogen (secondary N) is 2. The van der Waals surface area contributed by atoms with Gasteiger partial charge >= 0.3 is 0 Å². The lowest BCUT2D eigenvalue weighted by molar-refractivity contribution is 0.102. The summed E-state index contributed by atoms with van der Waals surface area (Å²) in [5.74, 6) is 1.54. The van der Waals surface area contributed by atoms with Gasteiger partial charge in [-0.15, -0.1) is 0 Å². The van der Waals surface area contributed by atoms with Crippen molar-refractivity contribution < 1.29 is 9.53 Å². The van der Waals surface area contributed by atoms with Crippen LogP contribution in [-0.4, -0.2) is 28.5 Å². The van der Waals surface area contributed by atoms with E-state index in [1.807, 2.05) is 25.1 Å². The maximum atomic E-state index is 12.5. The van der Waals surface area contributed by atoms with Gasteiger partial charge in [-0.3, -0.25) is 4.79 Å². The van der Waals surface area contributed by atoms with Crippen molar-refractivity contribution in [2.45, 2.75) is 40.2 Å². The van der Waals surface area contributed by atoms with E-state index >= 15 is 0 Å². The molecule has 1 aromatic carbocycles. The molecule has 1 aromatic heterocycles. The van der Waals surface area contributed by atoms with Crippen molar-refractivity contribution in [3.8, 4) is 5.75 Å². The maximum absolute atomic E-state index is 12.5. The van der Waals surface area contributed by atoms with Crippen LogP contribution in [0.2, 0.25) is 0 Å². The standard InChI is InChI=1S/C18H24N4O2/c1-5-12(3)19-17-11-15(20-13(4)21-17)18(23)22-14-9-7-8-10-16(14)24-6-2/h7-12H,5-6H2,1-4H3,(H,22,23)(H,19,20,21). The van der Waals surface area contributed by atoms with Gasteiger partial charge in [-0.25, -0.2) is 9.97 Å². The lowest BCUT2D eigenvalue weighted by atomic mass is 10.2. The number of anilines is 2. The van der Waals surface area contributed by atoms with Crippen LogP contribution in [0.1, 0.15) is 43.5 Å². The third-order valence-electron chi connectivity index (χ3n) is 3.51. The zero-order valence-corrected chi connectivity index (χ0v) is 14.6. The number of rotatable bonds is 7. The summed E-state index contributed by atoms with van der Waals surface area (Å²) in [6, 6.07) is 9.27. The van der Waals surface area contributed by atoms with Crippen LogP contribution in [0, 0.1) is 6.92 Å². The molecule has 0 aliphatic carbocycles. The summed E-state index contributed by atoms with van der Waals surface area (Å²) >= 11 is 0. The molecule has 0 radical (unpaired) electrons. The van der Waals surface area contributed by atoms with Gasteiger partial charge in [0, 0.05) is 12.1 Å². The number of amides is 1. The Kier molecular flexibility index (Phi) is 6.12. The number of ether oxygens (including phenoxy) is 1. The Bertz CT molecular complexity index is 703. The fraction of sp³-hybridized carbons (Fsp3) is 0.389. The largest absolute Gasteiger partial charge is 0.492 e. The van der Waals surface area contributed by atoms with Crippen molar-refractivity contribution in [1.29, 1.82) is 0 Å². The Morgan fingerprint density at radius 2 is 2.00 bits per heavy atom. The van der Waals surface area contributed by atoms with E-state index in [0.29, 0.717) is 35.4 Å². The van der Waals surface area contributed by atoms with Gasteiger partial charge in [-0.1, -0.05) is 19.1 Å². The average molecular weight is 328 g/mol. The summed E-state index contributed by atoms with van der Waals surface area (Å²) in [6.07, 6.45) is 0.965. The first-order valence-corrected chi connectivity index (χ1v) is 8.18. The SMILES string of the molecule is CCOc1ccccc1NC(=O)c1cc(NC(C)CC)nc(C)n1. The second kappa shape index (κ2) is 8.29. The highest BCUT2D eigenvalue weighted by Gasteiger charge is 2.13. The van der Waals surface area contributed by atoms with Crippen LogP contribution in [0.5, 0.6) is 5.75 Å². The van der Waals surface area contributed by atoms with Crippen LogP contribution < -0.4 is 15.4 Å². The van der Waals surface area contributed by atoms with Gasteiger partial charge in [-0.2, -0.15) is 0 Å². The van der Waals surface area contributed by atoms with Crippen LogP contribution >= 0.6 is 0 Å². The van der Waals surface area contributed by atoms with Crippen LogP contribution in [0.3, 0.4) is 0 Å². The van der Waals surface area contributed by atoms with Crippen molar-refractivity contribution in [2.75, 3.05) is 17.2 Å². The molecule has 1 atom stereocenters. The van der Waals surface area contributed by atoms with Gasteiger partial charge in [0.05, 0.1) is 12.3 Å². The van der Waals surface area contributed by atoms with Crippen molar-refractivity contribution in [2.24, 2.45) is 0 Å². The molecule has 6 heteroatoms. The number of benzene rings is 1. The molecule has 0 bridgehead atoms. The number of para-hydroxylation sites is 2. The van der Waals surface area contributed by atoms with Crippen molar-refractivity contribution in [1.82, 2.24) is 9.97 Å². The van der Waals surface area contributed by atoms with Crippen molar-refractivity contribution in [3.63, 3.8) is 0 Å². The molecule has 0 aliphatic heterocycles. The molecule has 2 N–H and O–H groups in total. The molecule has 1 heterocycles. The zero-order valence-electron chi connectivity index (χ0n) is 14.6. The normalized spacial score (nSPS) is 11.7. The van der Waals surface area contributed by atoms with E-state index < -0.39 is 0 Å². The summed E-state index contributed by atoms with van der Waals surface area (Å²) in [5.41, 5.74) is 0.941. The topological polar surface area (TPSA) is 76.1 Å². The molecule has 128 valence electrons. The number of carbonyl (C=O) groups excluding carboxylic acids is 1. The lowest BCUT2D eigenvalue weighted by Gasteiger charge is -2.14. The summed E-state index contributed by atoms with van der Waals surface area (Å²) in [4.78, 5) is 21.1. The number of aromatic nitrogens is 2. The first kappa shape index (κ1) is 17.7. The smallest absolute Gasteiger partial charge is 0.274 e. The first-order chi connectivity index (χ1) is 11.5. The fourth-order valence-corrected chi connectivity index (χ4v) is 2.15. The minimum absolute atomic E-state index is 0.272. The first-order valence-electron chi connectivity index (χ1n) is 8.18. The van der Waals surface area contributed by atoms with E-state index in [2.05, 4.69) is 34.4 Å². The van der Waals surface area contributed by atoms with Gasteiger partial charge in [0.1, 0.15) is 23.1 Å². The molecule has 0 saturated heterocycles. The van der Waals surface area contributed by atoms with Gasteiger partial charge in [0.25, 0.3) is 5.91 Å². The Morgan fingerprint density at radius 3 is 2.71 bits per heavy atom. The Labute approximate surface area is 142 Å². The predicted octanol–water partition coefficient (Wildman–Crippen LogP) is 3.65. The number of hydrogen-bond donors (Lipinski definition) is 2. The van der Waals surface area contributed by atoms with Crippen molar-refractivity contribution in [3.05, 3.63) is 41.9 Å². The van der Waals surface area contributed by atoms with Crippen LogP contribution in [0.25, 0.3) is 0 Å². The molecule has 0 saturated carbocycles. The van der Waals surface area contributed by atoms with E-state index in [0.717, 1.165) is 6.42 Å². The molecule has 0 spiro atoms. The minimum Gasteiger partial charge on any atom is -0.492 e. The summed E-state index contributed by atoms with van der Waals surface area (Å²) in [5, 5.41) is 6.12. The summed E-state index contributed by atoms with van der Waals surface area (Å²) in [6.45, 7) is 8.36. The minimum atomic E-state index is -0.292. The molecule has 2 aromatic rings. The number of carbonyl (C=O) groups is 1. The zero-order chi connectivity index (χ0) is 17.5. The molecule has 2 rings (SSSR count). The van der Waals surface area contributed by atoms with E-state index in [1.165, 1.54) is 0 Å². The molecule has 6 nitrogen and oxygen atoms in total. The fourth-order valence-electron chi connectivity index (χ4n) is 2.15. The third-order valence-corrected chi connectivity index (χ3v) is 3.51. The predicted molar refractivity (Wildman–Crippen MR) is 95.7 cm³/mol. The third kappa shape index (κ3) is 4.68. The van der Waals surface area contributed by atoms with E-state index in [-0.39, 0.29) is 11.9 Å². The Hall–Kier alpha value is -2.63. The average Bonchev–Trinajstić information content (AvgIpc) is 2.56. The molecule has 1 amide bonds. The molecular formula is C18H24N4O2. The Balaban J connectivity index is 2.21. The number of nitrogens with zero attached hydrogens (tertiary/aromatic N) is 2. The van der Waals surface area contributed by atoms with E-state index in [1.54, 1.807) is 19.1 Å². The Morgan fingerprint density at radius 1 is 1.25 bits per heavy atom. The van der Waals surface area contributed by atoms with Crippen LogP contribution in [0.15, 0.2) is 30.3 Å². The van der Waals surface area contributed by atoms with Gasteiger partial charge in [-0.05, 0) is 39.3 Å². The second-order valence-electron chi connectivity index (χ2n) is 5.52. The van der Waals surface area contributed by atoms with Gasteiger partial charge < -0.3 is 15.4 Å². The molecule has 24 heavy (non-hydrogen) atoms. The molecule has 0 fully saturated rings. The number of hydrogen-bond acceptors (Lipinski definition) is 5. The lowest BCUT2D eigenvalue weighted by Crippen LogP contribution is -2.19. The molecule has 1 unspecified atom stereocenters. The summed E-state index contributed by atoms with van der Waals surface area (Å²) < 4.78 is 5.53. The summed E-state index contributed by atoms with van der Waals surface area (Å²) in [7, 11) is 0. The van der Waals surface area contributed by atoms with Crippen molar-refractivity contribution >= 4 is 17.4 Å². The van der Waals surface area contributed by atoms with Crippen LogP contribution in [0.4, 0.5) is 11.5 Å². The molecule has 0 aliphatic rings. The van der Waals surface area contributed by atoms with Crippen LogP contribution in [-0.2, 0) is 0 Å². The molecular weight excluding hydrogens is 304 g/mol. The highest BCUT2D eigenvalue weighted by atomic mass is 16.5. The van der Waals surface area contributed by atoms with E-state index in [9.17, 15) is 4.79 Å². The number of aryl methyl sites for hydroxylation is 1. The monoisotopic (exact) mass is 328 g/mol. The van der Waals surface area contributed by atoms with Gasteiger partial charge in [0.2, 0.25) is 0 Å². The van der Waals surface area contributed by atoms with E-state index in [4.69, 9.17) is 4.74 Å². The maximum Gasteiger partial charge on any atom is 0.274 e.